The van der Waals surface area contributed by atoms with E-state index in [9.17, 15) is 0 Å². The maximum Gasteiger partial charge on any atom is 0.0434 e. The predicted octanol–water partition coefficient (Wildman–Crippen LogP) is 3.71. The van der Waals surface area contributed by atoms with E-state index < -0.39 is 0 Å². The molecule has 4 heteroatoms. The van der Waals surface area contributed by atoms with Crippen LogP contribution in [0.2, 0.25) is 0 Å². The average molecular weight is 365 g/mol. The van der Waals surface area contributed by atoms with Crippen LogP contribution in [0.3, 0.4) is 0 Å². The van der Waals surface area contributed by atoms with E-state index in [1.165, 1.54) is 5.56 Å². The predicted molar refractivity (Wildman–Crippen MR) is 79.0 cm³/mol. The van der Waals surface area contributed by atoms with Gasteiger partial charge in [0.1, 0.15) is 0 Å². The molecule has 0 saturated heterocycles. The second-order valence-corrected chi connectivity index (χ2v) is 5.87. The number of rotatable bonds is 7. The Hall–Kier alpha value is 0.1000. The molecule has 1 aromatic carbocycles. The zero-order chi connectivity index (χ0) is 12.7. The van der Waals surface area contributed by atoms with E-state index in [-0.39, 0.29) is 6.61 Å². The lowest BCUT2D eigenvalue weighted by molar-refractivity contribution is 0.251. The summed E-state index contributed by atoms with van der Waals surface area (Å²) in [6, 6.07) is 6.27. The monoisotopic (exact) mass is 363 g/mol. The molecular formula is C13H19Br2NO. The van der Waals surface area contributed by atoms with Crippen LogP contribution in [0.1, 0.15) is 25.3 Å². The first-order chi connectivity index (χ1) is 8.17. The minimum Gasteiger partial charge on any atom is -0.396 e. The van der Waals surface area contributed by atoms with Crippen LogP contribution in [0, 0.1) is 5.92 Å². The standard InChI is InChI=1S/C13H19Br2NO/c1-2-10(5-6-17)8-16-9-11-3-4-12(14)13(15)7-11/h3-4,7,10,16-17H,2,5-6,8-9H2,1H3. The fraction of sp³-hybridized carbons (Fsp3) is 0.538. The second kappa shape index (κ2) is 8.25. The van der Waals surface area contributed by atoms with E-state index in [1.807, 2.05) is 6.07 Å². The third-order valence-electron chi connectivity index (χ3n) is 2.86. The molecule has 0 fully saturated rings. The van der Waals surface area contributed by atoms with Gasteiger partial charge in [0.25, 0.3) is 0 Å². The molecule has 1 atom stereocenters. The van der Waals surface area contributed by atoms with Crippen LogP contribution in [-0.2, 0) is 6.54 Å². The van der Waals surface area contributed by atoms with Gasteiger partial charge in [0, 0.05) is 22.1 Å². The van der Waals surface area contributed by atoms with Crippen LogP contribution >= 0.6 is 31.9 Å². The van der Waals surface area contributed by atoms with Gasteiger partial charge in [0.2, 0.25) is 0 Å². The summed E-state index contributed by atoms with van der Waals surface area (Å²) in [6.07, 6.45) is 1.99. The molecule has 0 radical (unpaired) electrons. The van der Waals surface area contributed by atoms with Crippen molar-refractivity contribution >= 4 is 31.9 Å². The molecule has 0 aliphatic rings. The molecule has 0 aliphatic carbocycles. The Morgan fingerprint density at radius 1 is 1.29 bits per heavy atom. The highest BCUT2D eigenvalue weighted by Gasteiger charge is 2.05. The number of aliphatic hydroxyl groups is 1. The third-order valence-corrected chi connectivity index (χ3v) is 4.74. The Balaban J connectivity index is 2.37. The van der Waals surface area contributed by atoms with Gasteiger partial charge in [0.05, 0.1) is 0 Å². The van der Waals surface area contributed by atoms with Crippen molar-refractivity contribution in [2.75, 3.05) is 13.2 Å². The number of nitrogens with one attached hydrogen (secondary N) is 1. The van der Waals surface area contributed by atoms with Crippen molar-refractivity contribution in [3.63, 3.8) is 0 Å². The van der Waals surface area contributed by atoms with E-state index in [4.69, 9.17) is 5.11 Å². The first kappa shape index (κ1) is 15.2. The smallest absolute Gasteiger partial charge is 0.0434 e. The number of aliphatic hydroxyl groups excluding tert-OH is 1. The minimum absolute atomic E-state index is 0.282. The summed E-state index contributed by atoms with van der Waals surface area (Å²) in [7, 11) is 0. The summed E-state index contributed by atoms with van der Waals surface area (Å²) >= 11 is 6.96. The summed E-state index contributed by atoms with van der Waals surface area (Å²) in [5.74, 6) is 0.568. The maximum absolute atomic E-state index is 8.91. The Morgan fingerprint density at radius 2 is 2.06 bits per heavy atom. The zero-order valence-electron chi connectivity index (χ0n) is 10.0. The Morgan fingerprint density at radius 3 is 2.65 bits per heavy atom. The molecule has 1 unspecified atom stereocenters. The number of halogens is 2. The summed E-state index contributed by atoms with van der Waals surface area (Å²) in [4.78, 5) is 0. The van der Waals surface area contributed by atoms with Gasteiger partial charge in [0.15, 0.2) is 0 Å². The lowest BCUT2D eigenvalue weighted by Gasteiger charge is -2.14. The molecule has 0 saturated carbocycles. The SMILES string of the molecule is CCC(CCO)CNCc1ccc(Br)c(Br)c1. The molecule has 2 nitrogen and oxygen atoms in total. The van der Waals surface area contributed by atoms with Crippen LogP contribution < -0.4 is 5.32 Å². The van der Waals surface area contributed by atoms with Gasteiger partial charge in [-0.3, -0.25) is 0 Å². The molecule has 0 spiro atoms. The van der Waals surface area contributed by atoms with Gasteiger partial charge in [-0.25, -0.2) is 0 Å². The third kappa shape index (κ3) is 5.51. The highest BCUT2D eigenvalue weighted by molar-refractivity contribution is 9.13. The topological polar surface area (TPSA) is 32.3 Å². The minimum atomic E-state index is 0.282. The summed E-state index contributed by atoms with van der Waals surface area (Å²) in [6.45, 7) is 4.28. The van der Waals surface area contributed by atoms with E-state index in [0.29, 0.717) is 5.92 Å². The fourth-order valence-electron chi connectivity index (χ4n) is 1.70. The fourth-order valence-corrected chi connectivity index (χ4v) is 2.38. The lowest BCUT2D eigenvalue weighted by atomic mass is 10.0. The van der Waals surface area contributed by atoms with Crippen LogP contribution in [-0.4, -0.2) is 18.3 Å². The van der Waals surface area contributed by atoms with Gasteiger partial charge < -0.3 is 10.4 Å². The quantitative estimate of drug-likeness (QED) is 0.772. The van der Waals surface area contributed by atoms with Gasteiger partial charge >= 0.3 is 0 Å². The molecule has 0 amide bonds. The Bertz CT molecular complexity index is 344. The van der Waals surface area contributed by atoms with Crippen LogP contribution in [0.4, 0.5) is 0 Å². The highest BCUT2D eigenvalue weighted by Crippen LogP contribution is 2.23. The van der Waals surface area contributed by atoms with Crippen molar-refractivity contribution in [3.05, 3.63) is 32.7 Å². The molecule has 1 aromatic rings. The van der Waals surface area contributed by atoms with Gasteiger partial charge in [-0.1, -0.05) is 19.4 Å². The Labute approximate surface area is 120 Å². The maximum atomic E-state index is 8.91. The van der Waals surface area contributed by atoms with Gasteiger partial charge in [-0.15, -0.1) is 0 Å². The Kier molecular flexibility index (Phi) is 7.35. The molecular weight excluding hydrogens is 346 g/mol. The van der Waals surface area contributed by atoms with E-state index in [2.05, 4.69) is 56.2 Å². The van der Waals surface area contributed by atoms with Crippen LogP contribution in [0.15, 0.2) is 27.1 Å². The van der Waals surface area contributed by atoms with E-state index in [1.54, 1.807) is 0 Å². The van der Waals surface area contributed by atoms with Crippen molar-refractivity contribution < 1.29 is 5.11 Å². The zero-order valence-corrected chi connectivity index (χ0v) is 13.2. The number of benzene rings is 1. The first-order valence-electron chi connectivity index (χ1n) is 5.92. The summed E-state index contributed by atoms with van der Waals surface area (Å²) in [5, 5.41) is 12.3. The molecule has 1 rings (SSSR count). The van der Waals surface area contributed by atoms with Crippen LogP contribution in [0.5, 0.6) is 0 Å². The van der Waals surface area contributed by atoms with Gasteiger partial charge in [-0.05, 0) is 68.4 Å². The average Bonchev–Trinajstić information content (AvgIpc) is 2.32. The van der Waals surface area contributed by atoms with Crippen molar-refractivity contribution in [1.29, 1.82) is 0 Å². The van der Waals surface area contributed by atoms with Crippen molar-refractivity contribution in [2.24, 2.45) is 5.92 Å². The normalized spacial score (nSPS) is 12.7. The molecule has 0 bridgehead atoms. The first-order valence-corrected chi connectivity index (χ1v) is 7.51. The van der Waals surface area contributed by atoms with Gasteiger partial charge in [-0.2, -0.15) is 0 Å². The lowest BCUT2D eigenvalue weighted by Crippen LogP contribution is -2.22. The molecule has 17 heavy (non-hydrogen) atoms. The van der Waals surface area contributed by atoms with E-state index >= 15 is 0 Å². The molecule has 96 valence electrons. The highest BCUT2D eigenvalue weighted by atomic mass is 79.9. The second-order valence-electron chi connectivity index (χ2n) is 4.17. The van der Waals surface area contributed by atoms with Crippen LogP contribution in [0.25, 0.3) is 0 Å². The van der Waals surface area contributed by atoms with E-state index in [0.717, 1.165) is 34.9 Å². The summed E-state index contributed by atoms with van der Waals surface area (Å²) < 4.78 is 2.16. The van der Waals surface area contributed by atoms with Crippen molar-refractivity contribution in [3.8, 4) is 0 Å². The van der Waals surface area contributed by atoms with Crippen molar-refractivity contribution in [1.82, 2.24) is 5.32 Å². The molecule has 0 heterocycles. The molecule has 0 aliphatic heterocycles. The van der Waals surface area contributed by atoms with Crippen molar-refractivity contribution in [2.45, 2.75) is 26.3 Å². The molecule has 0 aromatic heterocycles. The number of hydrogen-bond acceptors (Lipinski definition) is 2. The number of hydrogen-bond donors (Lipinski definition) is 2. The summed E-state index contributed by atoms with van der Waals surface area (Å²) in [5.41, 5.74) is 1.26. The largest absolute Gasteiger partial charge is 0.396 e. The molecule has 2 N–H and O–H groups in total.